The summed E-state index contributed by atoms with van der Waals surface area (Å²) in [7, 11) is -2.00. The van der Waals surface area contributed by atoms with Crippen LogP contribution >= 0.6 is 11.3 Å². The first-order valence-electron chi connectivity index (χ1n) is 9.20. The molecule has 3 heterocycles. The van der Waals surface area contributed by atoms with Gasteiger partial charge < -0.3 is 14.8 Å². The fourth-order valence-corrected chi connectivity index (χ4v) is 6.38. The first-order valence-corrected chi connectivity index (χ1v) is 11.4. The largest absolute Gasteiger partial charge is 0.379 e. The van der Waals surface area contributed by atoms with Crippen LogP contribution in [0.4, 0.5) is 0 Å². The van der Waals surface area contributed by atoms with E-state index in [0.29, 0.717) is 37.7 Å². The molecule has 0 saturated carbocycles. The molecule has 2 fully saturated rings. The van der Waals surface area contributed by atoms with Crippen molar-refractivity contribution in [2.75, 3.05) is 53.0 Å². The van der Waals surface area contributed by atoms with Gasteiger partial charge in [0.2, 0.25) is 0 Å². The summed E-state index contributed by atoms with van der Waals surface area (Å²) in [5.41, 5.74) is 0.766. The molecule has 1 amide bonds. The van der Waals surface area contributed by atoms with E-state index in [4.69, 9.17) is 9.47 Å². The lowest BCUT2D eigenvalue weighted by atomic mass is 10.0. The summed E-state index contributed by atoms with van der Waals surface area (Å²) >= 11 is 1.40. The molecule has 1 aromatic heterocycles. The van der Waals surface area contributed by atoms with E-state index in [0.717, 1.165) is 15.6 Å². The maximum atomic E-state index is 13.1. The molecule has 28 heavy (non-hydrogen) atoms. The summed E-state index contributed by atoms with van der Waals surface area (Å²) in [4.78, 5) is 13.0. The number of benzene rings is 1. The second-order valence-electron chi connectivity index (χ2n) is 6.66. The Morgan fingerprint density at radius 3 is 2.61 bits per heavy atom. The average Bonchev–Trinajstić information content (AvgIpc) is 3.13. The molecule has 0 bridgehead atoms. The first kappa shape index (κ1) is 19.7. The van der Waals surface area contributed by atoms with Gasteiger partial charge in [0.25, 0.3) is 16.1 Å². The van der Waals surface area contributed by atoms with Crippen molar-refractivity contribution in [1.29, 1.82) is 0 Å². The quantitative estimate of drug-likeness (QED) is 0.796. The summed E-state index contributed by atoms with van der Waals surface area (Å²) in [6, 6.07) is 7.75. The highest BCUT2D eigenvalue weighted by Gasteiger charge is 2.37. The molecule has 0 radical (unpaired) electrons. The van der Waals surface area contributed by atoms with Crippen LogP contribution in [0.3, 0.4) is 0 Å². The van der Waals surface area contributed by atoms with Crippen LogP contribution in [0.1, 0.15) is 21.3 Å². The molecule has 4 rings (SSSR count). The third-order valence-corrected chi connectivity index (χ3v) is 8.23. The Hall–Kier alpha value is -1.56. The zero-order chi connectivity index (χ0) is 19.7. The number of amides is 1. The van der Waals surface area contributed by atoms with Gasteiger partial charge in [-0.05, 0) is 11.5 Å². The Morgan fingerprint density at radius 2 is 1.86 bits per heavy atom. The number of hydrogen-bond donors (Lipinski definition) is 1. The molecule has 1 aromatic carbocycles. The highest BCUT2D eigenvalue weighted by atomic mass is 32.2. The zero-order valence-corrected chi connectivity index (χ0v) is 17.2. The molecule has 2 aliphatic rings. The number of morpholine rings is 2. The highest BCUT2D eigenvalue weighted by molar-refractivity contribution is 7.86. The van der Waals surface area contributed by atoms with E-state index in [-0.39, 0.29) is 19.1 Å². The van der Waals surface area contributed by atoms with Crippen LogP contribution in [0.5, 0.6) is 0 Å². The number of hydrogen-bond acceptors (Lipinski definition) is 6. The highest BCUT2D eigenvalue weighted by Crippen LogP contribution is 2.38. The smallest absolute Gasteiger partial charge is 0.282 e. The minimum Gasteiger partial charge on any atom is -0.379 e. The molecule has 1 N–H and O–H groups in total. The monoisotopic (exact) mass is 425 g/mol. The van der Waals surface area contributed by atoms with Crippen molar-refractivity contribution in [2.24, 2.45) is 0 Å². The average molecular weight is 426 g/mol. The van der Waals surface area contributed by atoms with Gasteiger partial charge in [0.15, 0.2) is 0 Å². The Kier molecular flexibility index (Phi) is 5.68. The fraction of sp³-hybridized carbons (Fsp3) is 0.500. The van der Waals surface area contributed by atoms with E-state index in [1.54, 1.807) is 7.05 Å². The van der Waals surface area contributed by atoms with Crippen LogP contribution in [0.2, 0.25) is 0 Å². The van der Waals surface area contributed by atoms with Gasteiger partial charge in [-0.2, -0.15) is 17.0 Å². The molecule has 2 aliphatic heterocycles. The van der Waals surface area contributed by atoms with Crippen molar-refractivity contribution in [2.45, 2.75) is 6.10 Å². The summed E-state index contributed by atoms with van der Waals surface area (Å²) in [5.74, 6) is -0.187. The zero-order valence-electron chi connectivity index (χ0n) is 15.6. The van der Waals surface area contributed by atoms with E-state index in [9.17, 15) is 13.2 Å². The molecular formula is C18H23N3O5S2. The fourth-order valence-electron chi connectivity index (χ4n) is 3.62. The molecule has 2 aromatic rings. The van der Waals surface area contributed by atoms with Gasteiger partial charge >= 0.3 is 0 Å². The minimum absolute atomic E-state index is 0.185. The summed E-state index contributed by atoms with van der Waals surface area (Å²) in [6.07, 6.45) is -0.493. The van der Waals surface area contributed by atoms with Crippen molar-refractivity contribution in [3.63, 3.8) is 0 Å². The lowest BCUT2D eigenvalue weighted by Gasteiger charge is -2.37. The van der Waals surface area contributed by atoms with E-state index >= 15 is 0 Å². The van der Waals surface area contributed by atoms with Gasteiger partial charge in [-0.25, -0.2) is 0 Å². The normalized spacial score (nSPS) is 22.4. The second-order valence-corrected chi connectivity index (χ2v) is 9.64. The number of nitrogens with one attached hydrogen (secondary N) is 1. The topological polar surface area (TPSA) is 88.2 Å². The minimum atomic E-state index is -3.59. The third kappa shape index (κ3) is 3.56. The standard InChI is InChI=1S/C18H23N3O5S2/c1-19-18(22)17-16(13-4-2-3-5-15(13)27-17)14-12-21(8-11-26-14)28(23,24)20-6-9-25-10-7-20/h2-5,14H,6-12H2,1H3,(H,19,22). The third-order valence-electron chi connectivity index (χ3n) is 5.04. The summed E-state index contributed by atoms with van der Waals surface area (Å²) in [5, 5.41) is 3.61. The van der Waals surface area contributed by atoms with Gasteiger partial charge in [0, 0.05) is 43.5 Å². The van der Waals surface area contributed by atoms with Crippen LogP contribution in [0, 0.1) is 0 Å². The SMILES string of the molecule is CNC(=O)c1sc2ccccc2c1C1CN(S(=O)(=O)N2CCOCC2)CCO1. The number of carbonyl (C=O) groups excluding carboxylic acids is 1. The lowest BCUT2D eigenvalue weighted by Crippen LogP contribution is -2.52. The van der Waals surface area contributed by atoms with Crippen molar-refractivity contribution in [3.05, 3.63) is 34.7 Å². The van der Waals surface area contributed by atoms with Crippen molar-refractivity contribution in [3.8, 4) is 0 Å². The molecule has 152 valence electrons. The van der Waals surface area contributed by atoms with E-state index < -0.39 is 16.3 Å². The predicted molar refractivity (Wildman–Crippen MR) is 107 cm³/mol. The van der Waals surface area contributed by atoms with Crippen LogP contribution in [-0.4, -0.2) is 76.0 Å². The van der Waals surface area contributed by atoms with Crippen molar-refractivity contribution < 1.29 is 22.7 Å². The van der Waals surface area contributed by atoms with Crippen LogP contribution in [0.15, 0.2) is 24.3 Å². The van der Waals surface area contributed by atoms with Crippen LogP contribution in [0.25, 0.3) is 10.1 Å². The summed E-state index contributed by atoms with van der Waals surface area (Å²) < 4.78 is 41.3. The van der Waals surface area contributed by atoms with Crippen LogP contribution in [-0.2, 0) is 19.7 Å². The van der Waals surface area contributed by atoms with Crippen molar-refractivity contribution >= 4 is 37.5 Å². The Bertz CT molecular complexity index is 969. The van der Waals surface area contributed by atoms with Crippen molar-refractivity contribution in [1.82, 2.24) is 13.9 Å². The predicted octanol–water partition coefficient (Wildman–Crippen LogP) is 1.21. The van der Waals surface area contributed by atoms with E-state index in [1.165, 1.54) is 19.9 Å². The van der Waals surface area contributed by atoms with Gasteiger partial charge in [-0.3, -0.25) is 4.79 Å². The number of nitrogens with zero attached hydrogens (tertiary/aromatic N) is 2. The molecule has 8 nitrogen and oxygen atoms in total. The molecule has 0 aliphatic carbocycles. The maximum Gasteiger partial charge on any atom is 0.282 e. The lowest BCUT2D eigenvalue weighted by molar-refractivity contribution is -0.00557. The molecule has 1 atom stereocenters. The molecule has 2 saturated heterocycles. The molecule has 1 unspecified atom stereocenters. The van der Waals surface area contributed by atoms with E-state index in [2.05, 4.69) is 5.32 Å². The van der Waals surface area contributed by atoms with Gasteiger partial charge in [-0.15, -0.1) is 11.3 Å². The summed E-state index contributed by atoms with van der Waals surface area (Å²) in [6.45, 7) is 2.29. The molecule has 0 spiro atoms. The van der Waals surface area contributed by atoms with E-state index in [1.807, 2.05) is 24.3 Å². The number of fused-ring (bicyclic) bond motifs is 1. The van der Waals surface area contributed by atoms with Gasteiger partial charge in [-0.1, -0.05) is 18.2 Å². The van der Waals surface area contributed by atoms with Gasteiger partial charge in [0.05, 0.1) is 30.8 Å². The second kappa shape index (κ2) is 8.05. The Morgan fingerprint density at radius 1 is 1.14 bits per heavy atom. The Labute approximate surface area is 168 Å². The number of thiophene rings is 1. The number of carbonyl (C=O) groups is 1. The number of ether oxygens (including phenoxy) is 2. The first-order chi connectivity index (χ1) is 13.5. The number of rotatable bonds is 4. The van der Waals surface area contributed by atoms with Gasteiger partial charge in [0.1, 0.15) is 0 Å². The molecule has 10 heteroatoms. The Balaban J connectivity index is 1.67. The maximum absolute atomic E-state index is 13.1. The molecular weight excluding hydrogens is 402 g/mol. The van der Waals surface area contributed by atoms with Crippen LogP contribution < -0.4 is 5.32 Å².